The van der Waals surface area contributed by atoms with Gasteiger partial charge in [0.05, 0.1) is 4.88 Å². The number of benzene rings is 1. The van der Waals surface area contributed by atoms with Gasteiger partial charge in [-0.3, -0.25) is 0 Å². The van der Waals surface area contributed by atoms with E-state index in [9.17, 15) is 0 Å². The number of nitriles is 1. The molecular weight excluding hydrogens is 270 g/mol. The van der Waals surface area contributed by atoms with Crippen LogP contribution < -0.4 is 0 Å². The maximum absolute atomic E-state index is 8.82. The predicted octanol–water partition coefficient (Wildman–Crippen LogP) is 3.57. The standard InChI is InChI=1S/C15H11N3OS/c1-10-4-2-3-5-11(10)8-14-17-15(19-18-14)13-7-6-12(9-16)20-13/h2-7H,8H2,1H3. The molecule has 20 heavy (non-hydrogen) atoms. The van der Waals surface area contributed by atoms with E-state index in [1.807, 2.05) is 18.2 Å². The molecule has 0 N–H and O–H groups in total. The summed E-state index contributed by atoms with van der Waals surface area (Å²) in [5.74, 6) is 1.13. The lowest BCUT2D eigenvalue weighted by Crippen LogP contribution is -1.93. The Morgan fingerprint density at radius 1 is 1.25 bits per heavy atom. The van der Waals surface area contributed by atoms with Crippen molar-refractivity contribution in [3.8, 4) is 16.8 Å². The van der Waals surface area contributed by atoms with E-state index in [1.165, 1.54) is 22.5 Å². The van der Waals surface area contributed by atoms with Crippen LogP contribution >= 0.6 is 11.3 Å². The summed E-state index contributed by atoms with van der Waals surface area (Å²) in [6.45, 7) is 2.06. The maximum atomic E-state index is 8.82. The van der Waals surface area contributed by atoms with Crippen LogP contribution in [0.25, 0.3) is 10.8 Å². The van der Waals surface area contributed by atoms with Gasteiger partial charge in [0.1, 0.15) is 10.9 Å². The lowest BCUT2D eigenvalue weighted by Gasteiger charge is -2.00. The van der Waals surface area contributed by atoms with Gasteiger partial charge in [0.25, 0.3) is 5.89 Å². The first-order valence-electron chi connectivity index (χ1n) is 6.13. The van der Waals surface area contributed by atoms with E-state index in [-0.39, 0.29) is 0 Å². The van der Waals surface area contributed by atoms with Crippen molar-refractivity contribution < 1.29 is 4.52 Å². The Balaban J connectivity index is 1.84. The van der Waals surface area contributed by atoms with Crippen LogP contribution in [0.15, 0.2) is 40.9 Å². The number of nitrogens with zero attached hydrogens (tertiary/aromatic N) is 3. The third-order valence-corrected chi connectivity index (χ3v) is 3.98. The summed E-state index contributed by atoms with van der Waals surface area (Å²) in [4.78, 5) is 5.85. The van der Waals surface area contributed by atoms with Crippen molar-refractivity contribution >= 4 is 11.3 Å². The Morgan fingerprint density at radius 2 is 2.10 bits per heavy atom. The molecule has 0 unspecified atom stereocenters. The molecule has 0 saturated carbocycles. The Kier molecular flexibility index (Phi) is 3.32. The zero-order chi connectivity index (χ0) is 13.9. The van der Waals surface area contributed by atoms with Crippen molar-refractivity contribution in [2.75, 3.05) is 0 Å². The molecule has 0 radical (unpaired) electrons. The molecular formula is C15H11N3OS. The molecule has 0 saturated heterocycles. The summed E-state index contributed by atoms with van der Waals surface area (Å²) < 4.78 is 5.26. The average molecular weight is 281 g/mol. The quantitative estimate of drug-likeness (QED) is 0.736. The lowest BCUT2D eigenvalue weighted by atomic mass is 10.1. The molecule has 5 heteroatoms. The van der Waals surface area contributed by atoms with Gasteiger partial charge in [-0.25, -0.2) is 0 Å². The van der Waals surface area contributed by atoms with Crippen LogP contribution in [0.2, 0.25) is 0 Å². The van der Waals surface area contributed by atoms with Crippen molar-refractivity contribution in [3.63, 3.8) is 0 Å². The highest BCUT2D eigenvalue weighted by atomic mass is 32.1. The summed E-state index contributed by atoms with van der Waals surface area (Å²) in [5, 5.41) is 12.8. The van der Waals surface area contributed by atoms with Gasteiger partial charge in [-0.15, -0.1) is 11.3 Å². The first kappa shape index (κ1) is 12.6. The van der Waals surface area contributed by atoms with Crippen molar-refractivity contribution in [1.82, 2.24) is 10.1 Å². The van der Waals surface area contributed by atoms with Gasteiger partial charge in [-0.05, 0) is 30.2 Å². The van der Waals surface area contributed by atoms with Gasteiger partial charge in [-0.1, -0.05) is 29.4 Å². The molecule has 0 amide bonds. The van der Waals surface area contributed by atoms with Gasteiger partial charge >= 0.3 is 0 Å². The molecule has 1 aromatic carbocycles. The first-order valence-corrected chi connectivity index (χ1v) is 6.95. The molecule has 0 aliphatic rings. The summed E-state index contributed by atoms with van der Waals surface area (Å²) in [5.41, 5.74) is 2.39. The van der Waals surface area contributed by atoms with Crippen LogP contribution in [0, 0.1) is 18.3 Å². The number of aromatic nitrogens is 2. The molecule has 2 heterocycles. The Hall–Kier alpha value is -2.45. The molecule has 3 rings (SSSR count). The zero-order valence-electron chi connectivity index (χ0n) is 10.8. The van der Waals surface area contributed by atoms with E-state index >= 15 is 0 Å². The smallest absolute Gasteiger partial charge is 0.268 e. The fourth-order valence-corrected chi connectivity index (χ4v) is 2.64. The van der Waals surface area contributed by atoms with E-state index in [2.05, 4.69) is 35.3 Å². The van der Waals surface area contributed by atoms with Gasteiger partial charge in [0.2, 0.25) is 0 Å². The molecule has 0 bridgehead atoms. The number of rotatable bonds is 3. The molecule has 4 nitrogen and oxygen atoms in total. The minimum atomic E-state index is 0.472. The van der Waals surface area contributed by atoms with E-state index in [1.54, 1.807) is 6.07 Å². The second kappa shape index (κ2) is 5.27. The highest BCUT2D eigenvalue weighted by molar-refractivity contribution is 7.15. The predicted molar refractivity (Wildman–Crippen MR) is 76.3 cm³/mol. The molecule has 0 atom stereocenters. The van der Waals surface area contributed by atoms with Gasteiger partial charge in [-0.2, -0.15) is 10.2 Å². The van der Waals surface area contributed by atoms with E-state index in [0.29, 0.717) is 23.0 Å². The molecule has 0 spiro atoms. The van der Waals surface area contributed by atoms with Crippen molar-refractivity contribution in [3.05, 3.63) is 58.2 Å². The second-order valence-electron chi connectivity index (χ2n) is 4.39. The number of hydrogen-bond acceptors (Lipinski definition) is 5. The maximum Gasteiger partial charge on any atom is 0.268 e. The Bertz CT molecular complexity index is 782. The highest BCUT2D eigenvalue weighted by Crippen LogP contribution is 2.26. The van der Waals surface area contributed by atoms with Crippen LogP contribution in [-0.4, -0.2) is 10.1 Å². The van der Waals surface area contributed by atoms with Crippen molar-refractivity contribution in [1.29, 1.82) is 5.26 Å². The molecule has 0 aliphatic carbocycles. The largest absolute Gasteiger partial charge is 0.333 e. The Morgan fingerprint density at radius 3 is 2.85 bits per heavy atom. The normalized spacial score (nSPS) is 10.4. The zero-order valence-corrected chi connectivity index (χ0v) is 11.6. The summed E-state index contributed by atoms with van der Waals surface area (Å²) >= 11 is 1.35. The van der Waals surface area contributed by atoms with Crippen LogP contribution in [0.4, 0.5) is 0 Å². The van der Waals surface area contributed by atoms with Crippen LogP contribution in [0.3, 0.4) is 0 Å². The van der Waals surface area contributed by atoms with Gasteiger partial charge in [0, 0.05) is 6.42 Å². The van der Waals surface area contributed by atoms with Crippen molar-refractivity contribution in [2.24, 2.45) is 0 Å². The van der Waals surface area contributed by atoms with E-state index in [4.69, 9.17) is 9.78 Å². The van der Waals surface area contributed by atoms with Crippen molar-refractivity contribution in [2.45, 2.75) is 13.3 Å². The number of hydrogen-bond donors (Lipinski definition) is 0. The highest BCUT2D eigenvalue weighted by Gasteiger charge is 2.12. The minimum Gasteiger partial charge on any atom is -0.333 e. The SMILES string of the molecule is Cc1ccccc1Cc1noc(-c2ccc(C#N)s2)n1. The third kappa shape index (κ3) is 2.46. The Labute approximate surface area is 120 Å². The molecule has 0 aliphatic heterocycles. The minimum absolute atomic E-state index is 0.472. The van der Waals surface area contributed by atoms with E-state index in [0.717, 1.165) is 4.88 Å². The molecule has 2 aromatic heterocycles. The average Bonchev–Trinajstić information content (AvgIpc) is 3.10. The van der Waals surface area contributed by atoms with Gasteiger partial charge < -0.3 is 4.52 Å². The van der Waals surface area contributed by atoms with E-state index < -0.39 is 0 Å². The first-order chi connectivity index (χ1) is 9.76. The summed E-state index contributed by atoms with van der Waals surface area (Å²) in [6, 6.07) is 13.8. The molecule has 98 valence electrons. The molecule has 3 aromatic rings. The summed E-state index contributed by atoms with van der Waals surface area (Å²) in [7, 11) is 0. The monoisotopic (exact) mass is 281 g/mol. The van der Waals surface area contributed by atoms with Crippen LogP contribution in [0.1, 0.15) is 21.8 Å². The van der Waals surface area contributed by atoms with Crippen LogP contribution in [-0.2, 0) is 6.42 Å². The fourth-order valence-electron chi connectivity index (χ4n) is 1.92. The van der Waals surface area contributed by atoms with Gasteiger partial charge in [0.15, 0.2) is 5.82 Å². The fraction of sp³-hybridized carbons (Fsp3) is 0.133. The van der Waals surface area contributed by atoms with Crippen LogP contribution in [0.5, 0.6) is 0 Å². The summed E-state index contributed by atoms with van der Waals surface area (Å²) in [6.07, 6.45) is 0.645. The lowest BCUT2D eigenvalue weighted by molar-refractivity contribution is 0.424. The topological polar surface area (TPSA) is 62.7 Å². The molecule has 0 fully saturated rings. The third-order valence-electron chi connectivity index (χ3n) is 3.00. The number of aryl methyl sites for hydroxylation is 1. The second-order valence-corrected chi connectivity index (χ2v) is 5.48. The number of thiophene rings is 1.